The van der Waals surface area contributed by atoms with Gasteiger partial charge in [0.15, 0.2) is 0 Å². The largest absolute Gasteiger partial charge is 0.434 e. The Balaban J connectivity index is 2.83. The van der Waals surface area contributed by atoms with Crippen molar-refractivity contribution in [2.75, 3.05) is 12.4 Å². The van der Waals surface area contributed by atoms with Crippen LogP contribution < -0.4 is 10.1 Å². The topological polar surface area (TPSA) is 58.6 Å². The minimum absolute atomic E-state index is 0.0486. The molecule has 21 heavy (non-hydrogen) atoms. The standard InChI is InChI=1S/C14H18F2N2O3/c1-8(2)18(4)13(20)12(19)17-10-6-5-9(3)11(7-10)21-14(15)16/h5-8,14H,1-4H3,(H,17,19). The molecule has 0 unspecified atom stereocenters. The first kappa shape index (κ1) is 16.9. The number of hydrogen-bond donors (Lipinski definition) is 1. The highest BCUT2D eigenvalue weighted by Crippen LogP contribution is 2.24. The van der Waals surface area contributed by atoms with Crippen molar-refractivity contribution in [3.8, 4) is 5.75 Å². The first-order valence-electron chi connectivity index (χ1n) is 6.36. The van der Waals surface area contributed by atoms with Gasteiger partial charge >= 0.3 is 18.4 Å². The van der Waals surface area contributed by atoms with E-state index in [0.717, 1.165) is 0 Å². The van der Waals surface area contributed by atoms with Gasteiger partial charge in [-0.15, -0.1) is 0 Å². The molecule has 0 heterocycles. The minimum Gasteiger partial charge on any atom is -0.434 e. The number of anilines is 1. The monoisotopic (exact) mass is 300 g/mol. The maximum absolute atomic E-state index is 12.2. The maximum Gasteiger partial charge on any atom is 0.387 e. The lowest BCUT2D eigenvalue weighted by Crippen LogP contribution is -2.40. The number of nitrogens with zero attached hydrogens (tertiary/aromatic N) is 1. The molecule has 0 aliphatic carbocycles. The van der Waals surface area contributed by atoms with Crippen molar-refractivity contribution >= 4 is 17.5 Å². The predicted octanol–water partition coefficient (Wildman–Crippen LogP) is 2.40. The fourth-order valence-electron chi connectivity index (χ4n) is 1.48. The van der Waals surface area contributed by atoms with Crippen LogP contribution >= 0.6 is 0 Å². The molecule has 1 rings (SSSR count). The molecule has 2 amide bonds. The molecule has 0 atom stereocenters. The summed E-state index contributed by atoms with van der Waals surface area (Å²) in [6, 6.07) is 4.15. The average Bonchev–Trinajstić information content (AvgIpc) is 2.40. The zero-order chi connectivity index (χ0) is 16.2. The molecule has 0 aliphatic rings. The van der Waals surface area contributed by atoms with Gasteiger partial charge in [-0.3, -0.25) is 9.59 Å². The average molecular weight is 300 g/mol. The SMILES string of the molecule is Cc1ccc(NC(=O)C(=O)N(C)C(C)C)cc1OC(F)F. The van der Waals surface area contributed by atoms with Crippen molar-refractivity contribution in [3.05, 3.63) is 23.8 Å². The highest BCUT2D eigenvalue weighted by molar-refractivity contribution is 6.39. The van der Waals surface area contributed by atoms with Crippen molar-refractivity contribution in [1.82, 2.24) is 4.90 Å². The van der Waals surface area contributed by atoms with Crippen molar-refractivity contribution in [1.29, 1.82) is 0 Å². The fraction of sp³-hybridized carbons (Fsp3) is 0.429. The van der Waals surface area contributed by atoms with Crippen molar-refractivity contribution in [2.24, 2.45) is 0 Å². The van der Waals surface area contributed by atoms with Gasteiger partial charge in [-0.2, -0.15) is 8.78 Å². The highest BCUT2D eigenvalue weighted by atomic mass is 19.3. The van der Waals surface area contributed by atoms with Crippen LogP contribution in [0.4, 0.5) is 14.5 Å². The molecule has 116 valence electrons. The third-order valence-electron chi connectivity index (χ3n) is 2.95. The molecular formula is C14H18F2N2O3. The second-order valence-electron chi connectivity index (χ2n) is 4.82. The lowest BCUT2D eigenvalue weighted by Gasteiger charge is -2.20. The lowest BCUT2D eigenvalue weighted by atomic mass is 10.2. The molecule has 0 radical (unpaired) electrons. The second-order valence-corrected chi connectivity index (χ2v) is 4.82. The summed E-state index contributed by atoms with van der Waals surface area (Å²) in [7, 11) is 1.51. The van der Waals surface area contributed by atoms with E-state index in [4.69, 9.17) is 0 Å². The molecule has 1 aromatic carbocycles. The number of likely N-dealkylation sites (N-methyl/N-ethyl adjacent to an activating group) is 1. The van der Waals surface area contributed by atoms with Gasteiger partial charge in [-0.25, -0.2) is 0 Å². The van der Waals surface area contributed by atoms with Crippen LogP contribution in [0.15, 0.2) is 18.2 Å². The maximum atomic E-state index is 12.2. The fourth-order valence-corrected chi connectivity index (χ4v) is 1.48. The first-order chi connectivity index (χ1) is 9.72. The van der Waals surface area contributed by atoms with E-state index >= 15 is 0 Å². The minimum atomic E-state index is -2.96. The Kier molecular flexibility index (Phi) is 5.63. The van der Waals surface area contributed by atoms with Crippen LogP contribution in [0.25, 0.3) is 0 Å². The first-order valence-corrected chi connectivity index (χ1v) is 6.36. The zero-order valence-electron chi connectivity index (χ0n) is 12.3. The van der Waals surface area contributed by atoms with Crippen LogP contribution in [0.2, 0.25) is 0 Å². The van der Waals surface area contributed by atoms with Gasteiger partial charge in [0, 0.05) is 24.8 Å². The number of amides is 2. The quantitative estimate of drug-likeness (QED) is 0.869. The van der Waals surface area contributed by atoms with Gasteiger partial charge < -0.3 is 15.0 Å². The molecule has 0 fully saturated rings. The summed E-state index contributed by atoms with van der Waals surface area (Å²) in [4.78, 5) is 24.8. The predicted molar refractivity (Wildman–Crippen MR) is 74.3 cm³/mol. The molecule has 7 heteroatoms. The lowest BCUT2D eigenvalue weighted by molar-refractivity contribution is -0.143. The summed E-state index contributed by atoms with van der Waals surface area (Å²) in [5.41, 5.74) is 0.714. The number of benzene rings is 1. The molecule has 0 saturated carbocycles. The zero-order valence-corrected chi connectivity index (χ0v) is 12.3. The van der Waals surface area contributed by atoms with Gasteiger partial charge in [0.25, 0.3) is 0 Å². The van der Waals surface area contributed by atoms with Crippen LogP contribution in [-0.4, -0.2) is 36.4 Å². The molecule has 1 aromatic rings. The van der Waals surface area contributed by atoms with E-state index in [1.165, 1.54) is 30.1 Å². The van der Waals surface area contributed by atoms with Crippen LogP contribution in [-0.2, 0) is 9.59 Å². The Morgan fingerprint density at radius 3 is 2.43 bits per heavy atom. The normalized spacial score (nSPS) is 10.7. The number of ether oxygens (including phenoxy) is 1. The van der Waals surface area contributed by atoms with E-state index in [0.29, 0.717) is 5.56 Å². The molecule has 0 aliphatic heterocycles. The molecule has 0 aromatic heterocycles. The Morgan fingerprint density at radius 1 is 1.29 bits per heavy atom. The Labute approximate surface area is 121 Å². The molecule has 0 saturated heterocycles. The van der Waals surface area contributed by atoms with E-state index in [1.807, 2.05) is 0 Å². The summed E-state index contributed by atoms with van der Waals surface area (Å²) in [5, 5.41) is 2.36. The number of halogens is 2. The third kappa shape index (κ3) is 4.70. The number of aryl methyl sites for hydroxylation is 1. The third-order valence-corrected chi connectivity index (χ3v) is 2.95. The van der Waals surface area contributed by atoms with Gasteiger partial charge in [0.05, 0.1) is 0 Å². The van der Waals surface area contributed by atoms with Crippen LogP contribution in [0.5, 0.6) is 5.75 Å². The molecule has 1 N–H and O–H groups in total. The summed E-state index contributed by atoms with van der Waals surface area (Å²) in [6.07, 6.45) is 0. The number of alkyl halides is 2. The van der Waals surface area contributed by atoms with Crippen LogP contribution in [0, 0.1) is 6.92 Å². The number of carbonyl (C=O) groups is 2. The van der Waals surface area contributed by atoms with E-state index in [-0.39, 0.29) is 17.5 Å². The second kappa shape index (κ2) is 7.01. The van der Waals surface area contributed by atoms with Crippen LogP contribution in [0.3, 0.4) is 0 Å². The van der Waals surface area contributed by atoms with Gasteiger partial charge in [-0.1, -0.05) is 6.07 Å². The van der Waals surface area contributed by atoms with Gasteiger partial charge in [0.1, 0.15) is 5.75 Å². The number of hydrogen-bond acceptors (Lipinski definition) is 3. The Morgan fingerprint density at radius 2 is 1.90 bits per heavy atom. The summed E-state index contributed by atoms with van der Waals surface area (Å²) < 4.78 is 28.8. The molecular weight excluding hydrogens is 282 g/mol. The summed E-state index contributed by atoms with van der Waals surface area (Å²) in [6.45, 7) is 2.18. The van der Waals surface area contributed by atoms with Crippen molar-refractivity contribution < 1.29 is 23.1 Å². The number of nitrogens with one attached hydrogen (secondary N) is 1. The van der Waals surface area contributed by atoms with Crippen molar-refractivity contribution in [2.45, 2.75) is 33.4 Å². The smallest absolute Gasteiger partial charge is 0.387 e. The van der Waals surface area contributed by atoms with E-state index in [9.17, 15) is 18.4 Å². The van der Waals surface area contributed by atoms with E-state index in [2.05, 4.69) is 10.1 Å². The number of rotatable bonds is 4. The Hall–Kier alpha value is -2.18. The van der Waals surface area contributed by atoms with Crippen LogP contribution in [0.1, 0.15) is 19.4 Å². The summed E-state index contributed by atoms with van der Waals surface area (Å²) >= 11 is 0. The van der Waals surface area contributed by atoms with Gasteiger partial charge in [0.2, 0.25) is 0 Å². The molecule has 5 nitrogen and oxygen atoms in total. The highest BCUT2D eigenvalue weighted by Gasteiger charge is 2.21. The Bertz CT molecular complexity index is 533. The van der Waals surface area contributed by atoms with E-state index < -0.39 is 18.4 Å². The molecule has 0 spiro atoms. The van der Waals surface area contributed by atoms with Gasteiger partial charge in [-0.05, 0) is 32.4 Å². The van der Waals surface area contributed by atoms with Crippen molar-refractivity contribution in [3.63, 3.8) is 0 Å². The van der Waals surface area contributed by atoms with E-state index in [1.54, 1.807) is 20.8 Å². The number of carbonyl (C=O) groups excluding carboxylic acids is 2. The summed E-state index contributed by atoms with van der Waals surface area (Å²) in [5.74, 6) is -1.59. The molecule has 0 bridgehead atoms.